The lowest BCUT2D eigenvalue weighted by Crippen LogP contribution is -2.20. The largest absolute Gasteiger partial charge is 0.326 e. The highest BCUT2D eigenvalue weighted by molar-refractivity contribution is 6.33. The van der Waals surface area contributed by atoms with Gasteiger partial charge in [-0.05, 0) is 30.2 Å². The third-order valence-corrected chi connectivity index (χ3v) is 3.87. The topological polar surface area (TPSA) is 70.6 Å². The van der Waals surface area contributed by atoms with Gasteiger partial charge in [-0.15, -0.1) is 0 Å². The minimum atomic E-state index is -0.334. The summed E-state index contributed by atoms with van der Waals surface area (Å²) in [6.07, 6.45) is 2.56. The minimum Gasteiger partial charge on any atom is -0.326 e. The molecule has 0 aromatic heterocycles. The number of nitrogens with one attached hydrogen (secondary N) is 2. The highest BCUT2D eigenvalue weighted by Crippen LogP contribution is 2.12. The molecule has 0 saturated heterocycles. The summed E-state index contributed by atoms with van der Waals surface area (Å²) in [4.78, 5) is 23.6. The van der Waals surface area contributed by atoms with E-state index >= 15 is 0 Å². The summed E-state index contributed by atoms with van der Waals surface area (Å²) in [6, 6.07) is 14.8. The predicted molar refractivity (Wildman–Crippen MR) is 101 cm³/mol. The van der Waals surface area contributed by atoms with Crippen LogP contribution in [0.15, 0.2) is 53.6 Å². The smallest absolute Gasteiger partial charge is 0.240 e. The van der Waals surface area contributed by atoms with Crippen molar-refractivity contribution in [3.05, 3.63) is 64.7 Å². The van der Waals surface area contributed by atoms with E-state index in [2.05, 4.69) is 22.8 Å². The first-order valence-electron chi connectivity index (χ1n) is 8.03. The van der Waals surface area contributed by atoms with Crippen LogP contribution in [-0.4, -0.2) is 18.0 Å². The Morgan fingerprint density at radius 3 is 2.40 bits per heavy atom. The Hall–Kier alpha value is -2.66. The molecule has 0 bridgehead atoms. The number of benzene rings is 2. The predicted octanol–water partition coefficient (Wildman–Crippen LogP) is 3.77. The van der Waals surface area contributed by atoms with Crippen LogP contribution in [0.3, 0.4) is 0 Å². The van der Waals surface area contributed by atoms with Crippen molar-refractivity contribution in [2.75, 3.05) is 5.32 Å². The highest BCUT2D eigenvalue weighted by Gasteiger charge is 2.07. The third-order valence-electron chi connectivity index (χ3n) is 3.52. The molecule has 0 unspecified atom stereocenters. The van der Waals surface area contributed by atoms with Crippen LogP contribution in [0, 0.1) is 0 Å². The number of nitrogens with zero attached hydrogens (tertiary/aromatic N) is 1. The number of carbonyl (C=O) groups is 2. The number of rotatable bonds is 7. The molecule has 2 aromatic rings. The van der Waals surface area contributed by atoms with Crippen LogP contribution >= 0.6 is 11.6 Å². The van der Waals surface area contributed by atoms with Gasteiger partial charge in [0.25, 0.3) is 0 Å². The fraction of sp³-hybridized carbons (Fsp3) is 0.211. The average Bonchev–Trinajstić information content (AvgIpc) is 2.62. The summed E-state index contributed by atoms with van der Waals surface area (Å²) in [6.45, 7) is 2.07. The maximum absolute atomic E-state index is 11.9. The van der Waals surface area contributed by atoms with Crippen LogP contribution in [0.25, 0.3) is 0 Å². The molecule has 0 aliphatic heterocycles. The molecule has 0 aliphatic rings. The number of halogens is 1. The molecule has 5 nitrogen and oxygen atoms in total. The van der Waals surface area contributed by atoms with Gasteiger partial charge in [-0.25, -0.2) is 5.43 Å². The second-order valence-corrected chi connectivity index (χ2v) is 5.82. The number of amides is 2. The zero-order chi connectivity index (χ0) is 18.1. The Balaban J connectivity index is 1.73. The van der Waals surface area contributed by atoms with Crippen molar-refractivity contribution in [2.45, 2.75) is 26.2 Å². The summed E-state index contributed by atoms with van der Waals surface area (Å²) in [7, 11) is 0. The van der Waals surface area contributed by atoms with E-state index in [-0.39, 0.29) is 24.7 Å². The van der Waals surface area contributed by atoms with Crippen molar-refractivity contribution in [2.24, 2.45) is 5.10 Å². The maximum Gasteiger partial charge on any atom is 0.240 e. The normalized spacial score (nSPS) is 10.6. The van der Waals surface area contributed by atoms with Gasteiger partial charge < -0.3 is 5.32 Å². The number of hydrazone groups is 1. The molecule has 0 atom stereocenters. The molecule has 2 amide bonds. The van der Waals surface area contributed by atoms with Crippen LogP contribution in [0.4, 0.5) is 5.69 Å². The molecule has 130 valence electrons. The van der Waals surface area contributed by atoms with Gasteiger partial charge in [0.1, 0.15) is 0 Å². The molecule has 0 heterocycles. The number of anilines is 1. The van der Waals surface area contributed by atoms with Crippen molar-refractivity contribution >= 4 is 35.3 Å². The number of hydrogen-bond acceptors (Lipinski definition) is 3. The zero-order valence-electron chi connectivity index (χ0n) is 14.0. The van der Waals surface area contributed by atoms with Crippen LogP contribution in [0.5, 0.6) is 0 Å². The number of aryl methyl sites for hydroxylation is 1. The molecule has 2 rings (SSSR count). The molecule has 0 aliphatic carbocycles. The van der Waals surface area contributed by atoms with E-state index in [0.29, 0.717) is 10.6 Å². The van der Waals surface area contributed by atoms with Crippen molar-refractivity contribution in [1.29, 1.82) is 0 Å². The summed E-state index contributed by atoms with van der Waals surface area (Å²) < 4.78 is 0. The van der Waals surface area contributed by atoms with Crippen LogP contribution in [-0.2, 0) is 16.0 Å². The van der Waals surface area contributed by atoms with Gasteiger partial charge in [0, 0.05) is 29.1 Å². The Labute approximate surface area is 152 Å². The fourth-order valence-electron chi connectivity index (χ4n) is 2.08. The van der Waals surface area contributed by atoms with E-state index in [1.54, 1.807) is 12.1 Å². The molecule has 0 spiro atoms. The quantitative estimate of drug-likeness (QED) is 0.585. The van der Waals surface area contributed by atoms with Gasteiger partial charge in [-0.2, -0.15) is 5.10 Å². The SMILES string of the molecule is CCc1ccc(NC(=O)CCC(=O)N/N=C\c2ccccc2Cl)cc1. The lowest BCUT2D eigenvalue weighted by atomic mass is 10.1. The Kier molecular flexibility index (Phi) is 7.16. The molecule has 2 N–H and O–H groups in total. The zero-order valence-corrected chi connectivity index (χ0v) is 14.7. The van der Waals surface area contributed by atoms with Gasteiger partial charge in [0.15, 0.2) is 0 Å². The Morgan fingerprint density at radius 1 is 1.04 bits per heavy atom. The van der Waals surface area contributed by atoms with Crippen molar-refractivity contribution in [3.63, 3.8) is 0 Å². The van der Waals surface area contributed by atoms with Gasteiger partial charge >= 0.3 is 0 Å². The minimum absolute atomic E-state index is 0.0543. The first-order chi connectivity index (χ1) is 12.1. The number of hydrogen-bond donors (Lipinski definition) is 2. The van der Waals surface area contributed by atoms with Crippen LogP contribution in [0.1, 0.15) is 30.9 Å². The van der Waals surface area contributed by atoms with E-state index < -0.39 is 0 Å². The number of carbonyl (C=O) groups excluding carboxylic acids is 2. The first-order valence-corrected chi connectivity index (χ1v) is 8.41. The highest BCUT2D eigenvalue weighted by atomic mass is 35.5. The van der Waals surface area contributed by atoms with Crippen molar-refractivity contribution < 1.29 is 9.59 Å². The third kappa shape index (κ3) is 6.39. The maximum atomic E-state index is 11.9. The molecule has 0 saturated carbocycles. The molecule has 0 fully saturated rings. The molecular formula is C19H20ClN3O2. The fourth-order valence-corrected chi connectivity index (χ4v) is 2.27. The van der Waals surface area contributed by atoms with Gasteiger partial charge in [-0.3, -0.25) is 9.59 Å². The molecule has 2 aromatic carbocycles. The molecule has 6 heteroatoms. The molecule has 25 heavy (non-hydrogen) atoms. The molecular weight excluding hydrogens is 338 g/mol. The van der Waals surface area contributed by atoms with Gasteiger partial charge in [0.2, 0.25) is 11.8 Å². The van der Waals surface area contributed by atoms with Crippen molar-refractivity contribution in [3.8, 4) is 0 Å². The lowest BCUT2D eigenvalue weighted by molar-refractivity contribution is -0.124. The summed E-state index contributed by atoms with van der Waals surface area (Å²) in [5, 5.41) is 7.16. The van der Waals surface area contributed by atoms with E-state index in [0.717, 1.165) is 12.1 Å². The van der Waals surface area contributed by atoms with E-state index in [1.165, 1.54) is 11.8 Å². The summed E-state index contributed by atoms with van der Waals surface area (Å²) in [5.74, 6) is -0.547. The van der Waals surface area contributed by atoms with Gasteiger partial charge in [-0.1, -0.05) is 48.9 Å². The van der Waals surface area contributed by atoms with E-state index in [9.17, 15) is 9.59 Å². The summed E-state index contributed by atoms with van der Waals surface area (Å²) in [5.41, 5.74) is 5.01. The second-order valence-electron chi connectivity index (χ2n) is 5.41. The van der Waals surface area contributed by atoms with Crippen LogP contribution < -0.4 is 10.7 Å². The lowest BCUT2D eigenvalue weighted by Gasteiger charge is -2.05. The molecule has 0 radical (unpaired) electrons. The monoisotopic (exact) mass is 357 g/mol. The van der Waals surface area contributed by atoms with Crippen molar-refractivity contribution in [1.82, 2.24) is 5.43 Å². The average molecular weight is 358 g/mol. The Bertz CT molecular complexity index is 758. The summed E-state index contributed by atoms with van der Waals surface area (Å²) >= 11 is 5.98. The van der Waals surface area contributed by atoms with E-state index in [4.69, 9.17) is 11.6 Å². The standard InChI is InChI=1S/C19H20ClN3O2/c1-2-14-7-9-16(10-8-14)22-18(24)11-12-19(25)23-21-13-15-5-3-4-6-17(15)20/h3-10,13H,2,11-12H2,1H3,(H,22,24)(H,23,25)/b21-13-. The van der Waals surface area contributed by atoms with E-state index in [1.807, 2.05) is 36.4 Å². The Morgan fingerprint density at radius 2 is 1.72 bits per heavy atom. The van der Waals surface area contributed by atoms with Crippen LogP contribution in [0.2, 0.25) is 5.02 Å². The first kappa shape index (κ1) is 18.7. The van der Waals surface area contributed by atoms with Gasteiger partial charge in [0.05, 0.1) is 6.21 Å². The second kappa shape index (κ2) is 9.59.